The lowest BCUT2D eigenvalue weighted by Gasteiger charge is -2.24. The molecule has 0 saturated carbocycles. The van der Waals surface area contributed by atoms with Crippen molar-refractivity contribution in [3.8, 4) is 0 Å². The number of allylic oxidation sites excluding steroid dienone is 4. The summed E-state index contributed by atoms with van der Waals surface area (Å²) in [5.74, 6) is 0.732. The van der Waals surface area contributed by atoms with Gasteiger partial charge in [-0.15, -0.1) is 0 Å². The number of hydrogen-bond acceptors (Lipinski definition) is 8. The predicted octanol–water partition coefficient (Wildman–Crippen LogP) is 10.1. The lowest BCUT2D eigenvalue weighted by molar-refractivity contribution is -0.143. The smallest absolute Gasteiger partial charge is 0.306 e. The molecule has 4 N–H and O–H groups in total. The van der Waals surface area contributed by atoms with Gasteiger partial charge in [-0.2, -0.15) is 11.8 Å². The number of carbonyl (C=O) groups excluding carboxylic acids is 3. The first-order valence-electron chi connectivity index (χ1n) is 23.5. The minimum atomic E-state index is -0.660. The van der Waals surface area contributed by atoms with E-state index in [1.807, 2.05) is 4.90 Å². The molecule has 0 spiro atoms. The molecule has 10 heteroatoms. The van der Waals surface area contributed by atoms with Crippen LogP contribution in [0.2, 0.25) is 0 Å². The van der Waals surface area contributed by atoms with Crippen LogP contribution in [0, 0.1) is 5.92 Å². The molecule has 2 unspecified atom stereocenters. The van der Waals surface area contributed by atoms with Crippen LogP contribution in [-0.2, 0) is 19.1 Å². The number of thioether (sulfide) groups is 1. The number of aliphatic hydroxyl groups excluding tert-OH is 2. The van der Waals surface area contributed by atoms with Gasteiger partial charge in [0.2, 0.25) is 11.8 Å². The Kier molecular flexibility index (Phi) is 42.3. The van der Waals surface area contributed by atoms with E-state index in [1.165, 1.54) is 83.5 Å². The van der Waals surface area contributed by atoms with Crippen molar-refractivity contribution in [2.45, 2.75) is 194 Å². The predicted molar refractivity (Wildman–Crippen MR) is 243 cm³/mol. The van der Waals surface area contributed by atoms with Gasteiger partial charge in [-0.05, 0) is 63.5 Å². The number of nitrogens with one attached hydrogen (secondary N) is 2. The zero-order chi connectivity index (χ0) is 41.9. The molecule has 0 aliphatic heterocycles. The Morgan fingerprint density at radius 1 is 0.614 bits per heavy atom. The quantitative estimate of drug-likeness (QED) is 0.0272. The fourth-order valence-electron chi connectivity index (χ4n) is 6.84. The van der Waals surface area contributed by atoms with Gasteiger partial charge in [0.15, 0.2) is 0 Å². The van der Waals surface area contributed by atoms with E-state index >= 15 is 0 Å². The molecule has 0 aromatic carbocycles. The molecule has 0 aliphatic rings. The molecule has 2 atom stereocenters. The van der Waals surface area contributed by atoms with Crippen molar-refractivity contribution in [2.24, 2.45) is 5.92 Å². The van der Waals surface area contributed by atoms with Gasteiger partial charge in [-0.3, -0.25) is 19.3 Å². The van der Waals surface area contributed by atoms with Crippen LogP contribution >= 0.6 is 11.8 Å². The fraction of sp³-hybridized carbons (Fsp3) is 0.851. The van der Waals surface area contributed by atoms with E-state index in [1.54, 1.807) is 11.8 Å². The monoisotopic (exact) mass is 824 g/mol. The summed E-state index contributed by atoms with van der Waals surface area (Å²) in [6, 6.07) is -0.660. The van der Waals surface area contributed by atoms with Gasteiger partial charge < -0.3 is 25.6 Å². The van der Waals surface area contributed by atoms with Gasteiger partial charge in [0, 0.05) is 37.8 Å². The highest BCUT2D eigenvalue weighted by atomic mass is 32.2. The summed E-state index contributed by atoms with van der Waals surface area (Å²) in [5, 5.41) is 24.8. The Morgan fingerprint density at radius 3 is 1.75 bits per heavy atom. The van der Waals surface area contributed by atoms with Crippen molar-refractivity contribution in [1.82, 2.24) is 15.5 Å². The molecule has 0 radical (unpaired) electrons. The summed E-state index contributed by atoms with van der Waals surface area (Å²) in [4.78, 5) is 41.4. The van der Waals surface area contributed by atoms with Gasteiger partial charge in [0.1, 0.15) is 6.04 Å². The lowest BCUT2D eigenvalue weighted by atomic mass is 9.93. The molecule has 9 nitrogen and oxygen atoms in total. The topological polar surface area (TPSA) is 128 Å². The maximum atomic E-state index is 13.7. The molecule has 0 fully saturated rings. The molecule has 0 aliphatic carbocycles. The van der Waals surface area contributed by atoms with E-state index in [9.17, 15) is 24.6 Å². The third kappa shape index (κ3) is 36.9. The summed E-state index contributed by atoms with van der Waals surface area (Å²) in [6.07, 6.45) is 37.4. The normalized spacial score (nSPS) is 12.8. The van der Waals surface area contributed by atoms with E-state index in [4.69, 9.17) is 4.74 Å². The number of amides is 2. The molecule has 0 rings (SSSR count). The van der Waals surface area contributed by atoms with Gasteiger partial charge >= 0.3 is 5.97 Å². The second-order valence-electron chi connectivity index (χ2n) is 15.7. The largest absolute Gasteiger partial charge is 0.466 e. The van der Waals surface area contributed by atoms with Crippen molar-refractivity contribution in [3.05, 3.63) is 24.3 Å². The maximum absolute atomic E-state index is 13.7. The number of esters is 1. The Labute approximate surface area is 354 Å². The molecule has 334 valence electrons. The van der Waals surface area contributed by atoms with Crippen molar-refractivity contribution in [3.63, 3.8) is 0 Å². The Hall–Kier alpha value is -1.88. The van der Waals surface area contributed by atoms with Gasteiger partial charge in [0.25, 0.3) is 0 Å². The summed E-state index contributed by atoms with van der Waals surface area (Å²) < 4.78 is 5.49. The van der Waals surface area contributed by atoms with E-state index in [0.717, 1.165) is 70.6 Å². The average Bonchev–Trinajstić information content (AvgIpc) is 3.20. The molecule has 2 amide bonds. The number of carbonyl (C=O) groups is 3. The maximum Gasteiger partial charge on any atom is 0.306 e. The summed E-state index contributed by atoms with van der Waals surface area (Å²) in [7, 11) is 0. The van der Waals surface area contributed by atoms with E-state index in [-0.39, 0.29) is 36.9 Å². The van der Waals surface area contributed by atoms with Crippen LogP contribution in [0.15, 0.2) is 24.3 Å². The van der Waals surface area contributed by atoms with Crippen LogP contribution in [0.4, 0.5) is 0 Å². The van der Waals surface area contributed by atoms with Crippen molar-refractivity contribution < 1.29 is 29.3 Å². The number of ether oxygens (including phenoxy) is 1. The van der Waals surface area contributed by atoms with Crippen LogP contribution in [0.5, 0.6) is 0 Å². The fourth-order valence-corrected chi connectivity index (χ4v) is 7.76. The first-order valence-corrected chi connectivity index (χ1v) is 24.6. The Morgan fingerprint density at radius 2 is 1.14 bits per heavy atom. The molecular weight excluding hydrogens is 735 g/mol. The summed E-state index contributed by atoms with van der Waals surface area (Å²) in [6.45, 7) is 8.78. The molecule has 0 aromatic heterocycles. The highest BCUT2D eigenvalue weighted by Gasteiger charge is 2.25. The molecule has 57 heavy (non-hydrogen) atoms. The number of aliphatic hydroxyl groups is 2. The third-order valence-electron chi connectivity index (χ3n) is 10.5. The first-order chi connectivity index (χ1) is 27.9. The lowest BCUT2D eigenvalue weighted by Crippen LogP contribution is -2.50. The molecule has 0 saturated heterocycles. The zero-order valence-electron chi connectivity index (χ0n) is 37.1. The molecular formula is C47H89N3O6S. The van der Waals surface area contributed by atoms with Crippen molar-refractivity contribution in [2.75, 3.05) is 57.5 Å². The minimum Gasteiger partial charge on any atom is -0.466 e. The van der Waals surface area contributed by atoms with Gasteiger partial charge in [-0.1, -0.05) is 148 Å². The van der Waals surface area contributed by atoms with Crippen LogP contribution in [0.1, 0.15) is 188 Å². The second kappa shape index (κ2) is 43.7. The van der Waals surface area contributed by atoms with Crippen LogP contribution < -0.4 is 10.6 Å². The summed E-state index contributed by atoms with van der Waals surface area (Å²) in [5.41, 5.74) is 0. The van der Waals surface area contributed by atoms with Crippen molar-refractivity contribution >= 4 is 29.5 Å². The Balaban J connectivity index is 4.67. The van der Waals surface area contributed by atoms with E-state index in [2.05, 4.69) is 55.7 Å². The van der Waals surface area contributed by atoms with Crippen molar-refractivity contribution in [1.29, 1.82) is 0 Å². The van der Waals surface area contributed by atoms with Crippen LogP contribution in [0.3, 0.4) is 0 Å². The molecule has 0 aromatic rings. The minimum absolute atomic E-state index is 0.0217. The SMILES string of the molecule is CCCCC/C=C\C/C=C\CCCCCCCCOC(=O)CCSCCC(NC(=O)C(CCCCCC)CCCCCCCC)C(=O)NCCN(CCO)CCO. The average molecular weight is 824 g/mol. The van der Waals surface area contributed by atoms with Gasteiger partial charge in [-0.25, -0.2) is 0 Å². The number of nitrogens with zero attached hydrogens (tertiary/aromatic N) is 1. The summed E-state index contributed by atoms with van der Waals surface area (Å²) >= 11 is 1.61. The first kappa shape index (κ1) is 55.1. The number of hydrogen-bond donors (Lipinski definition) is 4. The molecule has 0 bridgehead atoms. The van der Waals surface area contributed by atoms with E-state index in [0.29, 0.717) is 57.1 Å². The third-order valence-corrected chi connectivity index (χ3v) is 11.5. The zero-order valence-corrected chi connectivity index (χ0v) is 37.9. The Bertz CT molecular complexity index is 975. The van der Waals surface area contributed by atoms with Crippen LogP contribution in [0.25, 0.3) is 0 Å². The standard InChI is InChI=1S/C47H89N3O6S/c1-4-7-10-13-15-16-17-18-19-20-21-22-23-24-26-29-40-56-45(53)33-42-57-41-32-44(47(55)48-34-35-50(36-38-51)37-39-52)49-46(54)43(30-27-12-9-6-3)31-28-25-14-11-8-5-2/h15-16,18-19,43-44,51-52H,4-14,17,20-42H2,1-3H3,(H,48,55)(H,49,54)/b16-15-,19-18-. The van der Waals surface area contributed by atoms with E-state index < -0.39 is 6.04 Å². The number of rotatable bonds is 43. The highest BCUT2D eigenvalue weighted by Crippen LogP contribution is 2.20. The highest BCUT2D eigenvalue weighted by molar-refractivity contribution is 7.99. The second-order valence-corrected chi connectivity index (χ2v) is 16.9. The van der Waals surface area contributed by atoms with Crippen LogP contribution in [-0.4, -0.2) is 96.4 Å². The van der Waals surface area contributed by atoms with Gasteiger partial charge in [0.05, 0.1) is 26.2 Å². The number of unbranched alkanes of at least 4 members (excludes halogenated alkanes) is 17. The molecule has 0 heterocycles.